The Labute approximate surface area is 260 Å². The van der Waals surface area contributed by atoms with Gasteiger partial charge in [0.15, 0.2) is 11.5 Å². The van der Waals surface area contributed by atoms with E-state index in [-0.39, 0.29) is 40.5 Å². The Morgan fingerprint density at radius 3 is 2.30 bits per heavy atom. The van der Waals surface area contributed by atoms with E-state index in [1.54, 1.807) is 19.1 Å². The van der Waals surface area contributed by atoms with Gasteiger partial charge in [0.2, 0.25) is 11.8 Å². The van der Waals surface area contributed by atoms with Gasteiger partial charge in [-0.15, -0.1) is 0 Å². The molecule has 1 heterocycles. The van der Waals surface area contributed by atoms with Gasteiger partial charge in [-0.25, -0.2) is 12.8 Å². The van der Waals surface area contributed by atoms with Gasteiger partial charge in [-0.3, -0.25) is 13.9 Å². The lowest BCUT2D eigenvalue weighted by Gasteiger charge is -2.32. The van der Waals surface area contributed by atoms with Crippen LogP contribution in [-0.4, -0.2) is 57.0 Å². The lowest BCUT2D eigenvalue weighted by molar-refractivity contribution is -0.139. The van der Waals surface area contributed by atoms with Gasteiger partial charge in [0.25, 0.3) is 10.0 Å². The van der Waals surface area contributed by atoms with E-state index in [2.05, 4.69) is 5.32 Å². The molecule has 3 aromatic carbocycles. The van der Waals surface area contributed by atoms with E-state index in [1.807, 2.05) is 13.8 Å². The second kappa shape index (κ2) is 13.8. The van der Waals surface area contributed by atoms with E-state index < -0.39 is 40.2 Å². The molecular weight excluding hydrogens is 620 g/mol. The van der Waals surface area contributed by atoms with Gasteiger partial charge in [-0.05, 0) is 74.4 Å². The minimum Gasteiger partial charge on any atom is -0.486 e. The van der Waals surface area contributed by atoms with Crippen LogP contribution < -0.4 is 19.1 Å². The van der Waals surface area contributed by atoms with Gasteiger partial charge < -0.3 is 19.7 Å². The van der Waals surface area contributed by atoms with Crippen molar-refractivity contribution in [1.82, 2.24) is 10.2 Å². The largest absolute Gasteiger partial charge is 0.486 e. The fraction of sp³-hybridized carbons (Fsp3) is 0.333. The number of carbonyl (C=O) groups excluding carboxylic acids is 2. The Morgan fingerprint density at radius 2 is 1.65 bits per heavy atom. The van der Waals surface area contributed by atoms with Crippen molar-refractivity contribution in [3.8, 4) is 11.5 Å². The minimum absolute atomic E-state index is 0.0471. The monoisotopic (exact) mass is 651 g/mol. The fourth-order valence-corrected chi connectivity index (χ4v) is 6.23. The average Bonchev–Trinajstić information content (AvgIpc) is 2.99. The van der Waals surface area contributed by atoms with Crippen LogP contribution in [0.3, 0.4) is 0 Å². The molecule has 1 aliphatic rings. The predicted molar refractivity (Wildman–Crippen MR) is 163 cm³/mol. The molecule has 0 saturated heterocycles. The highest BCUT2D eigenvalue weighted by atomic mass is 35.5. The average molecular weight is 653 g/mol. The molecule has 43 heavy (non-hydrogen) atoms. The van der Waals surface area contributed by atoms with Crippen LogP contribution in [0.25, 0.3) is 0 Å². The molecule has 0 fully saturated rings. The maximum atomic E-state index is 14.0. The summed E-state index contributed by atoms with van der Waals surface area (Å²) in [7, 11) is -4.40. The van der Waals surface area contributed by atoms with Crippen LogP contribution in [0.4, 0.5) is 10.1 Å². The quantitative estimate of drug-likeness (QED) is 0.296. The summed E-state index contributed by atoms with van der Waals surface area (Å²) in [5.41, 5.74) is 0.552. The van der Waals surface area contributed by atoms with E-state index in [9.17, 15) is 22.4 Å². The zero-order chi connectivity index (χ0) is 31.3. The molecule has 2 amide bonds. The van der Waals surface area contributed by atoms with Crippen molar-refractivity contribution < 1.29 is 31.9 Å². The summed E-state index contributed by atoms with van der Waals surface area (Å²) in [4.78, 5) is 28.3. The predicted octanol–water partition coefficient (Wildman–Crippen LogP) is 5.43. The summed E-state index contributed by atoms with van der Waals surface area (Å²) < 4.78 is 53.9. The number of nitrogens with one attached hydrogen (secondary N) is 1. The number of hydrogen-bond donors (Lipinski definition) is 1. The highest BCUT2D eigenvalue weighted by Gasteiger charge is 2.34. The lowest BCUT2D eigenvalue weighted by atomic mass is 10.1. The van der Waals surface area contributed by atoms with Crippen molar-refractivity contribution in [2.45, 2.75) is 50.7 Å². The molecule has 0 saturated carbocycles. The number of amides is 2. The Hall–Kier alpha value is -3.54. The van der Waals surface area contributed by atoms with E-state index in [0.29, 0.717) is 29.4 Å². The maximum Gasteiger partial charge on any atom is 0.264 e. The summed E-state index contributed by atoms with van der Waals surface area (Å²) in [5.74, 6) is -1.06. The third kappa shape index (κ3) is 7.70. The minimum atomic E-state index is -4.40. The normalized spacial score (nSPS) is 14.0. The Balaban J connectivity index is 1.73. The Bertz CT molecular complexity index is 1590. The molecule has 0 bridgehead atoms. The lowest BCUT2D eigenvalue weighted by Crippen LogP contribution is -2.52. The van der Waals surface area contributed by atoms with Gasteiger partial charge in [0.05, 0.1) is 10.6 Å². The topological polar surface area (TPSA) is 105 Å². The SMILES string of the molecule is CC[C@@H](C)NC(=O)[C@H](C)N(Cc1ccc(Cl)cc1Cl)C(=O)CN(c1ccc(F)cc1)S(=O)(=O)c1ccc2c(c1)OCCO2. The standard InChI is InChI=1S/C30H32Cl2FN3O6S/c1-4-19(2)34-30(38)20(3)35(17-21-5-6-22(31)15-26(21)32)29(37)18-36(24-9-7-23(33)8-10-24)43(39,40)25-11-12-27-28(16-25)42-14-13-41-27/h5-12,15-16,19-20H,4,13-14,17-18H2,1-3H3,(H,34,38)/t19-,20+/m1/s1. The van der Waals surface area contributed by atoms with E-state index in [4.69, 9.17) is 32.7 Å². The number of nitrogens with zero attached hydrogens (tertiary/aromatic N) is 2. The van der Waals surface area contributed by atoms with Crippen LogP contribution in [0, 0.1) is 5.82 Å². The molecule has 9 nitrogen and oxygen atoms in total. The number of rotatable bonds is 11. The van der Waals surface area contributed by atoms with Crippen LogP contribution >= 0.6 is 23.2 Å². The van der Waals surface area contributed by atoms with Gasteiger partial charge in [-0.1, -0.05) is 36.2 Å². The number of sulfonamides is 1. The first kappa shape index (κ1) is 32.4. The maximum absolute atomic E-state index is 14.0. The molecule has 1 aliphatic heterocycles. The smallest absolute Gasteiger partial charge is 0.264 e. The van der Waals surface area contributed by atoms with Gasteiger partial charge in [-0.2, -0.15) is 0 Å². The molecule has 13 heteroatoms. The van der Waals surface area contributed by atoms with E-state index in [0.717, 1.165) is 16.4 Å². The highest BCUT2D eigenvalue weighted by Crippen LogP contribution is 2.34. The van der Waals surface area contributed by atoms with Crippen LogP contribution in [0.1, 0.15) is 32.8 Å². The number of ether oxygens (including phenoxy) is 2. The summed E-state index contributed by atoms with van der Waals surface area (Å²) in [6.45, 7) is 5.07. The molecule has 1 N–H and O–H groups in total. The van der Waals surface area contributed by atoms with E-state index >= 15 is 0 Å². The highest BCUT2D eigenvalue weighted by molar-refractivity contribution is 7.92. The van der Waals surface area contributed by atoms with E-state index in [1.165, 1.54) is 41.3 Å². The molecule has 0 radical (unpaired) electrons. The molecular formula is C30H32Cl2FN3O6S. The van der Waals surface area contributed by atoms with Crippen LogP contribution in [0.15, 0.2) is 65.6 Å². The Kier molecular flexibility index (Phi) is 10.4. The molecule has 0 spiro atoms. The first-order valence-corrected chi connectivity index (χ1v) is 15.8. The molecule has 3 aromatic rings. The zero-order valence-electron chi connectivity index (χ0n) is 23.8. The van der Waals surface area contributed by atoms with Crippen molar-refractivity contribution in [1.29, 1.82) is 0 Å². The van der Waals surface area contributed by atoms with Crippen LogP contribution in [0.5, 0.6) is 11.5 Å². The Morgan fingerprint density at radius 1 is 0.977 bits per heavy atom. The van der Waals surface area contributed by atoms with Crippen molar-refractivity contribution in [3.05, 3.63) is 82.1 Å². The number of hydrogen-bond acceptors (Lipinski definition) is 6. The van der Waals surface area contributed by atoms with Crippen molar-refractivity contribution >= 4 is 50.7 Å². The van der Waals surface area contributed by atoms with Crippen molar-refractivity contribution in [3.63, 3.8) is 0 Å². The number of carbonyl (C=O) groups is 2. The van der Waals surface area contributed by atoms with Crippen molar-refractivity contribution in [2.24, 2.45) is 0 Å². The second-order valence-corrected chi connectivity index (χ2v) is 12.8. The third-order valence-corrected chi connectivity index (χ3v) is 9.38. The number of fused-ring (bicyclic) bond motifs is 1. The molecule has 0 unspecified atom stereocenters. The summed E-state index contributed by atoms with van der Waals surface area (Å²) in [6.07, 6.45) is 0.668. The van der Waals surface area contributed by atoms with Crippen LogP contribution in [-0.2, 0) is 26.2 Å². The zero-order valence-corrected chi connectivity index (χ0v) is 26.2. The summed E-state index contributed by atoms with van der Waals surface area (Å²) >= 11 is 12.5. The molecule has 230 valence electrons. The van der Waals surface area contributed by atoms with Gasteiger partial charge in [0.1, 0.15) is 31.6 Å². The van der Waals surface area contributed by atoms with Crippen molar-refractivity contribution in [2.75, 3.05) is 24.1 Å². The molecule has 4 rings (SSSR count). The molecule has 0 aliphatic carbocycles. The van der Waals surface area contributed by atoms with Crippen LogP contribution in [0.2, 0.25) is 10.0 Å². The van der Waals surface area contributed by atoms with Gasteiger partial charge >= 0.3 is 0 Å². The third-order valence-electron chi connectivity index (χ3n) is 7.02. The first-order chi connectivity index (χ1) is 20.4. The number of anilines is 1. The summed E-state index contributed by atoms with van der Waals surface area (Å²) in [6, 6.07) is 12.5. The molecule has 0 aromatic heterocycles. The first-order valence-electron chi connectivity index (χ1n) is 13.6. The number of halogens is 3. The molecule has 2 atom stereocenters. The van der Waals surface area contributed by atoms with Gasteiger partial charge in [0, 0.05) is 28.7 Å². The second-order valence-electron chi connectivity index (χ2n) is 10.0. The fourth-order valence-electron chi connectivity index (χ4n) is 4.33. The number of benzene rings is 3. The summed E-state index contributed by atoms with van der Waals surface area (Å²) in [5, 5.41) is 3.53.